The van der Waals surface area contributed by atoms with Gasteiger partial charge in [-0.05, 0) is 44.0 Å². The van der Waals surface area contributed by atoms with Gasteiger partial charge in [0.25, 0.3) is 0 Å². The largest absolute Gasteiger partial charge is 0.486 e. The molecule has 2 heterocycles. The first-order valence-corrected chi connectivity index (χ1v) is 7.30. The number of ether oxygens (including phenoxy) is 2. The SMILES string of the molecule is CCNc1ccc(CCC2COc3ccccc3O2)nn1. The molecule has 0 fully saturated rings. The van der Waals surface area contributed by atoms with Crippen molar-refractivity contribution in [3.8, 4) is 11.5 Å². The Labute approximate surface area is 124 Å². The third kappa shape index (κ3) is 3.42. The minimum Gasteiger partial charge on any atom is -0.486 e. The fraction of sp³-hybridized carbons (Fsp3) is 0.375. The highest BCUT2D eigenvalue weighted by molar-refractivity contribution is 5.40. The lowest BCUT2D eigenvalue weighted by molar-refractivity contribution is 0.0849. The molecule has 0 radical (unpaired) electrons. The summed E-state index contributed by atoms with van der Waals surface area (Å²) in [7, 11) is 0. The Balaban J connectivity index is 1.54. The highest BCUT2D eigenvalue weighted by atomic mass is 16.6. The maximum absolute atomic E-state index is 5.93. The minimum atomic E-state index is 0.0649. The van der Waals surface area contributed by atoms with Crippen LogP contribution in [0.25, 0.3) is 0 Å². The molecule has 110 valence electrons. The Morgan fingerprint density at radius 2 is 2.00 bits per heavy atom. The van der Waals surface area contributed by atoms with Gasteiger partial charge in [0.15, 0.2) is 11.5 Å². The van der Waals surface area contributed by atoms with Gasteiger partial charge < -0.3 is 14.8 Å². The molecule has 0 spiro atoms. The van der Waals surface area contributed by atoms with Crippen molar-refractivity contribution in [3.05, 3.63) is 42.1 Å². The fourth-order valence-electron chi connectivity index (χ4n) is 2.28. The average molecular weight is 285 g/mol. The molecular weight excluding hydrogens is 266 g/mol. The van der Waals surface area contributed by atoms with Gasteiger partial charge in [-0.3, -0.25) is 0 Å². The van der Waals surface area contributed by atoms with Crippen LogP contribution < -0.4 is 14.8 Å². The van der Waals surface area contributed by atoms with E-state index in [1.165, 1.54) is 0 Å². The molecule has 0 saturated carbocycles. The predicted octanol–water partition coefficient (Wildman–Crippen LogP) is 2.68. The van der Waals surface area contributed by atoms with Crippen molar-refractivity contribution in [1.29, 1.82) is 0 Å². The summed E-state index contributed by atoms with van der Waals surface area (Å²) in [5.41, 5.74) is 0.971. The van der Waals surface area contributed by atoms with E-state index in [2.05, 4.69) is 15.5 Å². The van der Waals surface area contributed by atoms with Crippen LogP contribution in [0.5, 0.6) is 11.5 Å². The zero-order chi connectivity index (χ0) is 14.5. The summed E-state index contributed by atoms with van der Waals surface area (Å²) >= 11 is 0. The van der Waals surface area contributed by atoms with Gasteiger partial charge in [-0.25, -0.2) is 0 Å². The Hall–Kier alpha value is -2.30. The number of para-hydroxylation sites is 2. The second-order valence-electron chi connectivity index (χ2n) is 4.98. The number of fused-ring (bicyclic) bond motifs is 1. The van der Waals surface area contributed by atoms with Crippen LogP contribution in [-0.2, 0) is 6.42 Å². The van der Waals surface area contributed by atoms with Crippen LogP contribution in [0.1, 0.15) is 19.0 Å². The van der Waals surface area contributed by atoms with Crippen molar-refractivity contribution < 1.29 is 9.47 Å². The van der Waals surface area contributed by atoms with E-state index in [1.54, 1.807) is 0 Å². The summed E-state index contributed by atoms with van der Waals surface area (Å²) in [5.74, 6) is 2.46. The van der Waals surface area contributed by atoms with E-state index in [-0.39, 0.29) is 6.10 Å². The molecule has 1 aromatic carbocycles. The number of aromatic nitrogens is 2. The van der Waals surface area contributed by atoms with E-state index in [0.29, 0.717) is 6.61 Å². The number of hydrogen-bond donors (Lipinski definition) is 1. The Morgan fingerprint density at radius 3 is 2.76 bits per heavy atom. The fourth-order valence-corrected chi connectivity index (χ4v) is 2.28. The summed E-state index contributed by atoms with van der Waals surface area (Å²) in [6.07, 6.45) is 1.76. The standard InChI is InChI=1S/C16H19N3O2/c1-2-17-16-10-8-12(18-19-16)7-9-13-11-20-14-5-3-4-6-15(14)21-13/h3-6,8,10,13H,2,7,9,11H2,1H3,(H,17,19). The molecule has 2 aromatic rings. The lowest BCUT2D eigenvalue weighted by atomic mass is 10.1. The highest BCUT2D eigenvalue weighted by Gasteiger charge is 2.20. The summed E-state index contributed by atoms with van der Waals surface area (Å²) < 4.78 is 11.6. The topological polar surface area (TPSA) is 56.3 Å². The van der Waals surface area contributed by atoms with Crippen molar-refractivity contribution in [2.45, 2.75) is 25.9 Å². The third-order valence-corrected chi connectivity index (χ3v) is 3.37. The molecule has 1 aliphatic rings. The van der Waals surface area contributed by atoms with Gasteiger partial charge in [-0.1, -0.05) is 12.1 Å². The van der Waals surface area contributed by atoms with Gasteiger partial charge in [-0.15, -0.1) is 5.10 Å². The van der Waals surface area contributed by atoms with Gasteiger partial charge in [0, 0.05) is 6.54 Å². The van der Waals surface area contributed by atoms with Crippen LogP contribution in [0, 0.1) is 0 Å². The number of nitrogens with one attached hydrogen (secondary N) is 1. The number of hydrogen-bond acceptors (Lipinski definition) is 5. The first-order chi connectivity index (χ1) is 10.3. The highest BCUT2D eigenvalue weighted by Crippen LogP contribution is 2.31. The molecule has 0 aliphatic carbocycles. The van der Waals surface area contributed by atoms with Gasteiger partial charge in [0.1, 0.15) is 18.5 Å². The molecule has 0 bridgehead atoms. The van der Waals surface area contributed by atoms with Crippen LogP contribution in [-0.4, -0.2) is 29.5 Å². The van der Waals surface area contributed by atoms with Crippen LogP contribution in [0.4, 0.5) is 5.82 Å². The summed E-state index contributed by atoms with van der Waals surface area (Å²) in [4.78, 5) is 0. The molecule has 1 aliphatic heterocycles. The third-order valence-electron chi connectivity index (χ3n) is 3.37. The molecule has 1 unspecified atom stereocenters. The zero-order valence-electron chi connectivity index (χ0n) is 12.1. The molecule has 21 heavy (non-hydrogen) atoms. The van der Waals surface area contributed by atoms with Gasteiger partial charge in [-0.2, -0.15) is 5.10 Å². The monoisotopic (exact) mass is 285 g/mol. The van der Waals surface area contributed by atoms with E-state index in [1.807, 2.05) is 43.3 Å². The number of rotatable bonds is 5. The number of nitrogens with zero attached hydrogens (tertiary/aromatic N) is 2. The molecule has 1 atom stereocenters. The van der Waals surface area contributed by atoms with Gasteiger partial charge in [0.2, 0.25) is 0 Å². The maximum atomic E-state index is 5.93. The summed E-state index contributed by atoms with van der Waals surface area (Å²) in [6.45, 7) is 3.47. The van der Waals surface area contributed by atoms with E-state index in [0.717, 1.165) is 42.4 Å². The van der Waals surface area contributed by atoms with Crippen molar-refractivity contribution in [1.82, 2.24) is 10.2 Å². The second kappa shape index (κ2) is 6.43. The predicted molar refractivity (Wildman–Crippen MR) is 80.9 cm³/mol. The van der Waals surface area contributed by atoms with E-state index < -0.39 is 0 Å². The normalized spacial score (nSPS) is 16.5. The van der Waals surface area contributed by atoms with Crippen LogP contribution >= 0.6 is 0 Å². The van der Waals surface area contributed by atoms with E-state index >= 15 is 0 Å². The second-order valence-corrected chi connectivity index (χ2v) is 4.98. The first-order valence-electron chi connectivity index (χ1n) is 7.30. The average Bonchev–Trinajstić information content (AvgIpc) is 2.54. The van der Waals surface area contributed by atoms with Crippen molar-refractivity contribution in [3.63, 3.8) is 0 Å². The molecule has 0 amide bonds. The zero-order valence-corrected chi connectivity index (χ0v) is 12.1. The maximum Gasteiger partial charge on any atom is 0.161 e. The molecule has 5 heteroatoms. The van der Waals surface area contributed by atoms with Gasteiger partial charge in [0.05, 0.1) is 5.69 Å². The number of benzene rings is 1. The van der Waals surface area contributed by atoms with E-state index in [4.69, 9.17) is 9.47 Å². The quantitative estimate of drug-likeness (QED) is 0.915. The van der Waals surface area contributed by atoms with Crippen molar-refractivity contribution >= 4 is 5.82 Å². The molecule has 1 aromatic heterocycles. The molecule has 1 N–H and O–H groups in total. The number of aryl methyl sites for hydroxylation is 1. The first kappa shape index (κ1) is 13.7. The molecule has 0 saturated heterocycles. The Bertz CT molecular complexity index is 586. The molecule has 5 nitrogen and oxygen atoms in total. The lowest BCUT2D eigenvalue weighted by Gasteiger charge is -2.26. The van der Waals surface area contributed by atoms with Crippen molar-refractivity contribution in [2.75, 3.05) is 18.5 Å². The van der Waals surface area contributed by atoms with Crippen molar-refractivity contribution in [2.24, 2.45) is 0 Å². The smallest absolute Gasteiger partial charge is 0.161 e. The summed E-state index contributed by atoms with van der Waals surface area (Å²) in [6, 6.07) is 11.7. The van der Waals surface area contributed by atoms with E-state index in [9.17, 15) is 0 Å². The Morgan fingerprint density at radius 1 is 1.14 bits per heavy atom. The van der Waals surface area contributed by atoms with Crippen LogP contribution in [0.2, 0.25) is 0 Å². The molecular formula is C16H19N3O2. The Kier molecular flexibility index (Phi) is 4.19. The molecule has 3 rings (SSSR count). The summed E-state index contributed by atoms with van der Waals surface area (Å²) in [5, 5.41) is 11.5. The minimum absolute atomic E-state index is 0.0649. The van der Waals surface area contributed by atoms with Crippen LogP contribution in [0.3, 0.4) is 0 Å². The van der Waals surface area contributed by atoms with Crippen LogP contribution in [0.15, 0.2) is 36.4 Å². The lowest BCUT2D eigenvalue weighted by Crippen LogP contribution is -2.29. The van der Waals surface area contributed by atoms with Gasteiger partial charge >= 0.3 is 0 Å². The number of anilines is 1.